The van der Waals surface area contributed by atoms with Crippen molar-refractivity contribution in [3.05, 3.63) is 95.3 Å². The van der Waals surface area contributed by atoms with E-state index in [0.717, 1.165) is 30.4 Å². The third kappa shape index (κ3) is 3.38. The number of hydrogen-bond donors (Lipinski definition) is 0. The SMILES string of the molecule is COc1cc(C2=CC3CCC(C2)N3C(=O)OCC2c3ccccc3-c3ccccc32)ccc1F. The molecule has 2 aliphatic heterocycles. The second kappa shape index (κ2) is 8.32. The Balaban J connectivity index is 1.20. The molecule has 0 aromatic heterocycles. The molecule has 1 amide bonds. The van der Waals surface area contributed by atoms with Crippen LogP contribution in [0.4, 0.5) is 9.18 Å². The van der Waals surface area contributed by atoms with Crippen molar-refractivity contribution in [1.29, 1.82) is 0 Å². The van der Waals surface area contributed by atoms with Gasteiger partial charge in [-0.1, -0.05) is 60.7 Å². The fourth-order valence-electron chi connectivity index (χ4n) is 5.86. The molecule has 2 unspecified atom stereocenters. The summed E-state index contributed by atoms with van der Waals surface area (Å²) in [5, 5.41) is 0. The van der Waals surface area contributed by atoms with Gasteiger partial charge in [0.2, 0.25) is 0 Å². The van der Waals surface area contributed by atoms with E-state index < -0.39 is 0 Å². The van der Waals surface area contributed by atoms with Gasteiger partial charge in [-0.25, -0.2) is 9.18 Å². The largest absolute Gasteiger partial charge is 0.494 e. The number of rotatable bonds is 4. The molecule has 3 aliphatic rings. The van der Waals surface area contributed by atoms with Gasteiger partial charge in [0.25, 0.3) is 0 Å². The zero-order valence-electron chi connectivity index (χ0n) is 19.0. The number of nitrogens with zero attached hydrogens (tertiary/aromatic N) is 1. The minimum absolute atomic E-state index is 0.000415. The summed E-state index contributed by atoms with van der Waals surface area (Å²) in [7, 11) is 1.47. The lowest BCUT2D eigenvalue weighted by atomic mass is 9.94. The number of carbonyl (C=O) groups is 1. The van der Waals surface area contributed by atoms with E-state index in [4.69, 9.17) is 9.47 Å². The lowest BCUT2D eigenvalue weighted by molar-refractivity contribution is 0.0866. The maximum Gasteiger partial charge on any atom is 0.410 e. The Labute approximate surface area is 198 Å². The summed E-state index contributed by atoms with van der Waals surface area (Å²) in [4.78, 5) is 15.1. The average Bonchev–Trinajstić information content (AvgIpc) is 3.33. The Morgan fingerprint density at radius 1 is 1.00 bits per heavy atom. The molecular formula is C29H26FNO3. The van der Waals surface area contributed by atoms with Crippen molar-refractivity contribution in [3.63, 3.8) is 0 Å². The lowest BCUT2D eigenvalue weighted by Crippen LogP contribution is -2.43. The number of methoxy groups -OCH3 is 1. The van der Waals surface area contributed by atoms with Crippen LogP contribution in [0.15, 0.2) is 72.8 Å². The van der Waals surface area contributed by atoms with Gasteiger partial charge in [0, 0.05) is 12.0 Å². The molecule has 2 heterocycles. The smallest absolute Gasteiger partial charge is 0.410 e. The van der Waals surface area contributed by atoms with E-state index >= 15 is 0 Å². The molecule has 0 N–H and O–H groups in total. The van der Waals surface area contributed by atoms with Crippen LogP contribution in [-0.4, -0.2) is 36.8 Å². The number of benzene rings is 3. The topological polar surface area (TPSA) is 38.8 Å². The van der Waals surface area contributed by atoms with Crippen molar-refractivity contribution < 1.29 is 18.7 Å². The number of amides is 1. The molecule has 0 radical (unpaired) electrons. The van der Waals surface area contributed by atoms with Crippen LogP contribution in [0.1, 0.15) is 41.9 Å². The summed E-state index contributed by atoms with van der Waals surface area (Å²) >= 11 is 0. The summed E-state index contributed by atoms with van der Waals surface area (Å²) in [5.74, 6) is -0.0767. The van der Waals surface area contributed by atoms with Gasteiger partial charge in [-0.15, -0.1) is 0 Å². The molecule has 172 valence electrons. The van der Waals surface area contributed by atoms with E-state index in [0.29, 0.717) is 6.61 Å². The molecule has 1 fully saturated rings. The first-order valence-corrected chi connectivity index (χ1v) is 11.8. The molecule has 2 atom stereocenters. The van der Waals surface area contributed by atoms with Crippen LogP contribution in [0.2, 0.25) is 0 Å². The molecule has 3 aromatic rings. The van der Waals surface area contributed by atoms with Gasteiger partial charge in [-0.05, 0) is 64.8 Å². The average molecular weight is 456 g/mol. The van der Waals surface area contributed by atoms with E-state index in [1.165, 1.54) is 35.4 Å². The minimum Gasteiger partial charge on any atom is -0.494 e. The molecule has 2 bridgehead atoms. The fourth-order valence-corrected chi connectivity index (χ4v) is 5.86. The Morgan fingerprint density at radius 2 is 1.71 bits per heavy atom. The third-order valence-electron chi connectivity index (χ3n) is 7.46. The summed E-state index contributed by atoms with van der Waals surface area (Å²) in [6.07, 6.45) is 4.47. The molecule has 5 heteroatoms. The molecule has 4 nitrogen and oxygen atoms in total. The van der Waals surface area contributed by atoms with E-state index in [2.05, 4.69) is 42.5 Å². The van der Waals surface area contributed by atoms with Crippen molar-refractivity contribution >= 4 is 11.7 Å². The number of hydrogen-bond acceptors (Lipinski definition) is 3. The van der Waals surface area contributed by atoms with Crippen molar-refractivity contribution in [2.24, 2.45) is 0 Å². The van der Waals surface area contributed by atoms with Crippen molar-refractivity contribution in [2.75, 3.05) is 13.7 Å². The van der Waals surface area contributed by atoms with Gasteiger partial charge < -0.3 is 9.47 Å². The van der Waals surface area contributed by atoms with Gasteiger partial charge >= 0.3 is 6.09 Å². The summed E-state index contributed by atoms with van der Waals surface area (Å²) in [5.41, 5.74) is 6.95. The van der Waals surface area contributed by atoms with Gasteiger partial charge in [0.15, 0.2) is 11.6 Å². The molecule has 0 saturated carbocycles. The number of carbonyl (C=O) groups excluding carboxylic acids is 1. The molecule has 6 rings (SSSR count). The predicted molar refractivity (Wildman–Crippen MR) is 129 cm³/mol. The van der Waals surface area contributed by atoms with E-state index in [1.54, 1.807) is 12.1 Å². The summed E-state index contributed by atoms with van der Waals surface area (Å²) < 4.78 is 24.9. The minimum atomic E-state index is -0.370. The van der Waals surface area contributed by atoms with Crippen LogP contribution < -0.4 is 4.74 Å². The Morgan fingerprint density at radius 3 is 2.38 bits per heavy atom. The predicted octanol–water partition coefficient (Wildman–Crippen LogP) is 6.40. The van der Waals surface area contributed by atoms with Crippen LogP contribution in [0.3, 0.4) is 0 Å². The van der Waals surface area contributed by atoms with Gasteiger partial charge in [0.1, 0.15) is 6.61 Å². The van der Waals surface area contributed by atoms with Gasteiger partial charge in [0.05, 0.1) is 13.2 Å². The maximum absolute atomic E-state index is 13.9. The van der Waals surface area contributed by atoms with Gasteiger partial charge in [-0.3, -0.25) is 4.90 Å². The number of halogens is 1. The van der Waals surface area contributed by atoms with Crippen molar-refractivity contribution in [3.8, 4) is 16.9 Å². The van der Waals surface area contributed by atoms with Crippen LogP contribution in [0.5, 0.6) is 5.75 Å². The second-order valence-electron chi connectivity index (χ2n) is 9.26. The maximum atomic E-state index is 13.9. The quantitative estimate of drug-likeness (QED) is 0.457. The summed E-state index contributed by atoms with van der Waals surface area (Å²) in [6, 6.07) is 21.8. The molecule has 34 heavy (non-hydrogen) atoms. The Bertz CT molecular complexity index is 1250. The molecule has 1 saturated heterocycles. The molecule has 0 spiro atoms. The normalized spacial score (nSPS) is 20.5. The van der Waals surface area contributed by atoms with Crippen LogP contribution in [0, 0.1) is 5.82 Å². The summed E-state index contributed by atoms with van der Waals surface area (Å²) in [6.45, 7) is 0.328. The van der Waals surface area contributed by atoms with Crippen molar-refractivity contribution in [1.82, 2.24) is 4.90 Å². The Kier molecular flexibility index (Phi) is 5.13. The lowest BCUT2D eigenvalue weighted by Gasteiger charge is -2.33. The van der Waals surface area contributed by atoms with Crippen molar-refractivity contribution in [2.45, 2.75) is 37.3 Å². The number of fused-ring (bicyclic) bond motifs is 5. The van der Waals surface area contributed by atoms with Crippen LogP contribution >= 0.6 is 0 Å². The van der Waals surface area contributed by atoms with Crippen LogP contribution in [-0.2, 0) is 4.74 Å². The highest BCUT2D eigenvalue weighted by atomic mass is 19.1. The van der Waals surface area contributed by atoms with E-state index in [1.807, 2.05) is 17.0 Å². The standard InChI is InChI=1S/C29H26FNO3/c1-33-28-16-18(10-13-27(28)30)19-14-20-11-12-21(15-19)31(20)29(32)34-17-26-24-8-4-2-6-22(24)23-7-3-5-9-25(23)26/h2-10,13-14,16,20-21,26H,11-12,15,17H2,1H3. The molecular weight excluding hydrogens is 429 g/mol. The first kappa shape index (κ1) is 21.0. The van der Waals surface area contributed by atoms with E-state index in [9.17, 15) is 9.18 Å². The second-order valence-corrected chi connectivity index (χ2v) is 9.26. The molecule has 3 aromatic carbocycles. The highest BCUT2D eigenvalue weighted by Gasteiger charge is 2.41. The van der Waals surface area contributed by atoms with Gasteiger partial charge in [-0.2, -0.15) is 0 Å². The highest BCUT2D eigenvalue weighted by Crippen LogP contribution is 2.45. The third-order valence-corrected chi connectivity index (χ3v) is 7.46. The molecule has 1 aliphatic carbocycles. The fraction of sp³-hybridized carbons (Fsp3) is 0.276. The van der Waals surface area contributed by atoms with Crippen LogP contribution in [0.25, 0.3) is 16.7 Å². The first-order chi connectivity index (χ1) is 16.6. The van der Waals surface area contributed by atoms with E-state index in [-0.39, 0.29) is 35.7 Å². The number of ether oxygens (including phenoxy) is 2. The zero-order valence-corrected chi connectivity index (χ0v) is 19.0. The first-order valence-electron chi connectivity index (χ1n) is 11.8. The highest BCUT2D eigenvalue weighted by molar-refractivity contribution is 5.79. The Hall–Kier alpha value is -3.60. The monoisotopic (exact) mass is 455 g/mol. The zero-order chi connectivity index (χ0) is 23.2.